The molecule has 0 fully saturated rings. The summed E-state index contributed by atoms with van der Waals surface area (Å²) >= 11 is 0. The predicted octanol–water partition coefficient (Wildman–Crippen LogP) is 3.04. The molecule has 0 aromatic heterocycles. The van der Waals surface area contributed by atoms with E-state index in [0.29, 0.717) is 30.4 Å². The van der Waals surface area contributed by atoms with Gasteiger partial charge in [0.05, 0.1) is 12.8 Å². The topological polar surface area (TPSA) is 53.7 Å². The van der Waals surface area contributed by atoms with Gasteiger partial charge in [-0.25, -0.2) is 0 Å². The van der Waals surface area contributed by atoms with Crippen LogP contribution in [0.4, 0.5) is 5.69 Å². The van der Waals surface area contributed by atoms with Gasteiger partial charge in [0.2, 0.25) is 0 Å². The van der Waals surface area contributed by atoms with Gasteiger partial charge in [0.1, 0.15) is 30.5 Å². The van der Waals surface area contributed by atoms with Gasteiger partial charge in [0.15, 0.2) is 0 Å². The Morgan fingerprint density at radius 1 is 0.900 bits per heavy atom. The van der Waals surface area contributed by atoms with E-state index in [4.69, 9.17) is 19.9 Å². The van der Waals surface area contributed by atoms with E-state index in [9.17, 15) is 0 Å². The molecular weight excluding hydrogens is 254 g/mol. The lowest BCUT2D eigenvalue weighted by Crippen LogP contribution is -2.10. The Balaban J connectivity index is 1.79. The molecule has 0 spiro atoms. The first-order valence-electron chi connectivity index (χ1n) is 6.45. The normalized spacial score (nSPS) is 10.1. The Hall–Kier alpha value is -2.36. The predicted molar refractivity (Wildman–Crippen MR) is 79.6 cm³/mol. The van der Waals surface area contributed by atoms with Gasteiger partial charge in [-0.3, -0.25) is 0 Å². The summed E-state index contributed by atoms with van der Waals surface area (Å²) in [5, 5.41) is 0. The largest absolute Gasteiger partial charge is 0.497 e. The van der Waals surface area contributed by atoms with Gasteiger partial charge in [0, 0.05) is 6.07 Å². The fourth-order valence-corrected chi connectivity index (χ4v) is 1.73. The third-order valence-corrected chi connectivity index (χ3v) is 2.85. The van der Waals surface area contributed by atoms with E-state index in [1.54, 1.807) is 19.2 Å². The van der Waals surface area contributed by atoms with Crippen molar-refractivity contribution in [2.45, 2.75) is 6.92 Å². The molecule has 0 saturated heterocycles. The SMILES string of the molecule is COc1ccc(OCCOc2ccc(C)cc2)c(N)c1. The highest BCUT2D eigenvalue weighted by atomic mass is 16.5. The zero-order valence-electron chi connectivity index (χ0n) is 11.8. The molecule has 0 aliphatic carbocycles. The Kier molecular flexibility index (Phi) is 4.71. The molecule has 0 aliphatic heterocycles. The molecule has 4 nitrogen and oxygen atoms in total. The van der Waals surface area contributed by atoms with Crippen LogP contribution < -0.4 is 19.9 Å². The Labute approximate surface area is 119 Å². The lowest BCUT2D eigenvalue weighted by Gasteiger charge is -2.11. The molecule has 0 saturated carbocycles. The van der Waals surface area contributed by atoms with E-state index in [0.717, 1.165) is 5.75 Å². The number of ether oxygens (including phenoxy) is 3. The molecule has 2 aromatic carbocycles. The van der Waals surface area contributed by atoms with Crippen LogP contribution in [0, 0.1) is 6.92 Å². The second-order valence-electron chi connectivity index (χ2n) is 4.41. The fourth-order valence-electron chi connectivity index (χ4n) is 1.73. The minimum atomic E-state index is 0.435. The first-order chi connectivity index (χ1) is 9.69. The standard InChI is InChI=1S/C16H19NO3/c1-12-3-5-13(6-4-12)19-9-10-20-16-8-7-14(18-2)11-15(16)17/h3-8,11H,9-10,17H2,1-2H3. The second-order valence-corrected chi connectivity index (χ2v) is 4.41. The average molecular weight is 273 g/mol. The summed E-state index contributed by atoms with van der Waals surface area (Å²) in [5.74, 6) is 2.19. The maximum atomic E-state index is 5.86. The lowest BCUT2D eigenvalue weighted by atomic mass is 10.2. The van der Waals surface area contributed by atoms with Crippen molar-refractivity contribution in [3.63, 3.8) is 0 Å². The van der Waals surface area contributed by atoms with Crippen LogP contribution in [0.15, 0.2) is 42.5 Å². The fraction of sp³-hybridized carbons (Fsp3) is 0.250. The molecule has 0 heterocycles. The average Bonchev–Trinajstić information content (AvgIpc) is 2.46. The molecule has 0 unspecified atom stereocenters. The quantitative estimate of drug-likeness (QED) is 0.649. The summed E-state index contributed by atoms with van der Waals surface area (Å²) in [6.07, 6.45) is 0. The van der Waals surface area contributed by atoms with Gasteiger partial charge in [-0.05, 0) is 31.2 Å². The highest BCUT2D eigenvalue weighted by Crippen LogP contribution is 2.26. The smallest absolute Gasteiger partial charge is 0.142 e. The van der Waals surface area contributed by atoms with Crippen molar-refractivity contribution in [3.05, 3.63) is 48.0 Å². The van der Waals surface area contributed by atoms with E-state index in [1.807, 2.05) is 37.3 Å². The first-order valence-corrected chi connectivity index (χ1v) is 6.45. The van der Waals surface area contributed by atoms with Crippen LogP contribution in [-0.2, 0) is 0 Å². The minimum Gasteiger partial charge on any atom is -0.497 e. The van der Waals surface area contributed by atoms with Gasteiger partial charge in [-0.15, -0.1) is 0 Å². The zero-order valence-corrected chi connectivity index (χ0v) is 11.8. The van der Waals surface area contributed by atoms with Crippen LogP contribution in [0.3, 0.4) is 0 Å². The van der Waals surface area contributed by atoms with Gasteiger partial charge in [-0.1, -0.05) is 17.7 Å². The first kappa shape index (κ1) is 14.1. The van der Waals surface area contributed by atoms with Crippen LogP contribution >= 0.6 is 0 Å². The van der Waals surface area contributed by atoms with Crippen molar-refractivity contribution < 1.29 is 14.2 Å². The third-order valence-electron chi connectivity index (χ3n) is 2.85. The van der Waals surface area contributed by atoms with Crippen molar-refractivity contribution in [3.8, 4) is 17.2 Å². The maximum Gasteiger partial charge on any atom is 0.142 e. The number of rotatable bonds is 6. The number of anilines is 1. The molecule has 20 heavy (non-hydrogen) atoms. The molecule has 0 radical (unpaired) electrons. The van der Waals surface area contributed by atoms with Crippen molar-refractivity contribution >= 4 is 5.69 Å². The van der Waals surface area contributed by atoms with Crippen LogP contribution in [0.5, 0.6) is 17.2 Å². The van der Waals surface area contributed by atoms with E-state index >= 15 is 0 Å². The molecule has 0 aliphatic rings. The van der Waals surface area contributed by atoms with E-state index in [-0.39, 0.29) is 0 Å². The van der Waals surface area contributed by atoms with Crippen molar-refractivity contribution in [2.24, 2.45) is 0 Å². The molecule has 2 rings (SSSR count). The van der Waals surface area contributed by atoms with Gasteiger partial charge in [-0.2, -0.15) is 0 Å². The monoisotopic (exact) mass is 273 g/mol. The van der Waals surface area contributed by atoms with E-state index < -0.39 is 0 Å². The molecule has 106 valence electrons. The van der Waals surface area contributed by atoms with Crippen molar-refractivity contribution in [2.75, 3.05) is 26.1 Å². The highest BCUT2D eigenvalue weighted by Gasteiger charge is 2.02. The number of hydrogen-bond acceptors (Lipinski definition) is 4. The van der Waals surface area contributed by atoms with E-state index in [1.165, 1.54) is 5.56 Å². The highest BCUT2D eigenvalue weighted by molar-refractivity contribution is 5.56. The molecule has 2 aromatic rings. The lowest BCUT2D eigenvalue weighted by molar-refractivity contribution is 0.218. The Morgan fingerprint density at radius 2 is 1.55 bits per heavy atom. The number of methoxy groups -OCH3 is 1. The Bertz CT molecular complexity index is 552. The van der Waals surface area contributed by atoms with Gasteiger partial charge < -0.3 is 19.9 Å². The summed E-state index contributed by atoms with van der Waals surface area (Å²) in [4.78, 5) is 0. The second kappa shape index (κ2) is 6.70. The van der Waals surface area contributed by atoms with Crippen molar-refractivity contribution in [1.29, 1.82) is 0 Å². The molecule has 2 N–H and O–H groups in total. The van der Waals surface area contributed by atoms with Crippen molar-refractivity contribution in [1.82, 2.24) is 0 Å². The third kappa shape index (κ3) is 3.82. The molecular formula is C16H19NO3. The van der Waals surface area contributed by atoms with Crippen LogP contribution in [0.2, 0.25) is 0 Å². The Morgan fingerprint density at radius 3 is 2.20 bits per heavy atom. The maximum absolute atomic E-state index is 5.86. The number of aryl methyl sites for hydroxylation is 1. The number of hydrogen-bond donors (Lipinski definition) is 1. The summed E-state index contributed by atoms with van der Waals surface area (Å²) in [5.41, 5.74) is 7.62. The number of benzene rings is 2. The van der Waals surface area contributed by atoms with Gasteiger partial charge in [0.25, 0.3) is 0 Å². The number of nitrogen functional groups attached to an aromatic ring is 1. The zero-order chi connectivity index (χ0) is 14.4. The summed E-state index contributed by atoms with van der Waals surface area (Å²) < 4.78 is 16.2. The molecule has 4 heteroatoms. The summed E-state index contributed by atoms with van der Waals surface area (Å²) in [7, 11) is 1.60. The minimum absolute atomic E-state index is 0.435. The van der Waals surface area contributed by atoms with Crippen LogP contribution in [0.1, 0.15) is 5.56 Å². The molecule has 0 bridgehead atoms. The van der Waals surface area contributed by atoms with Gasteiger partial charge >= 0.3 is 0 Å². The number of nitrogens with two attached hydrogens (primary N) is 1. The van der Waals surface area contributed by atoms with Crippen LogP contribution in [0.25, 0.3) is 0 Å². The summed E-state index contributed by atoms with van der Waals surface area (Å²) in [6.45, 7) is 2.94. The molecule has 0 amide bonds. The van der Waals surface area contributed by atoms with E-state index in [2.05, 4.69) is 0 Å². The summed E-state index contributed by atoms with van der Waals surface area (Å²) in [6, 6.07) is 13.2. The molecule has 0 atom stereocenters. The van der Waals surface area contributed by atoms with Crippen LogP contribution in [-0.4, -0.2) is 20.3 Å².